The molecule has 1 heterocycles. The molecule has 0 aliphatic rings. The number of aliphatic hydroxyl groups is 1. The van der Waals surface area contributed by atoms with Gasteiger partial charge in [-0.2, -0.15) is 5.10 Å². The summed E-state index contributed by atoms with van der Waals surface area (Å²) in [5, 5.41) is 14.2. The van der Waals surface area contributed by atoms with Crippen molar-refractivity contribution in [3.05, 3.63) is 52.9 Å². The Balaban J connectivity index is 2.46. The second kappa shape index (κ2) is 4.86. The van der Waals surface area contributed by atoms with Crippen LogP contribution >= 0.6 is 0 Å². The van der Waals surface area contributed by atoms with Crippen molar-refractivity contribution < 1.29 is 13.9 Å². The number of halogens is 2. The summed E-state index contributed by atoms with van der Waals surface area (Å²) in [6, 6.07) is 3.73. The van der Waals surface area contributed by atoms with Crippen molar-refractivity contribution in [2.24, 2.45) is 0 Å². The van der Waals surface area contributed by atoms with E-state index in [2.05, 4.69) is 5.10 Å². The minimum atomic E-state index is -1.15. The highest BCUT2D eigenvalue weighted by molar-refractivity contribution is 5.31. The Kier molecular flexibility index (Phi) is 3.43. The molecule has 0 radical (unpaired) electrons. The summed E-state index contributed by atoms with van der Waals surface area (Å²) < 4.78 is 28.4. The fraction of sp³-hybridized carbons (Fsp3) is 0.308. The van der Waals surface area contributed by atoms with Gasteiger partial charge in [-0.25, -0.2) is 8.78 Å². The van der Waals surface area contributed by atoms with E-state index in [4.69, 9.17) is 0 Å². The van der Waals surface area contributed by atoms with Crippen molar-refractivity contribution in [2.75, 3.05) is 0 Å². The van der Waals surface area contributed by atoms with Gasteiger partial charge in [0.1, 0.15) is 17.7 Å². The van der Waals surface area contributed by atoms with E-state index in [1.807, 2.05) is 6.92 Å². The normalized spacial score (nSPS) is 12.7. The average molecular weight is 252 g/mol. The number of aliphatic hydroxyl groups excluding tert-OH is 1. The lowest BCUT2D eigenvalue weighted by Crippen LogP contribution is -2.11. The molecule has 96 valence electrons. The molecule has 0 aliphatic carbocycles. The fourth-order valence-electron chi connectivity index (χ4n) is 1.89. The molecule has 3 nitrogen and oxygen atoms in total. The minimum Gasteiger partial charge on any atom is -0.382 e. The van der Waals surface area contributed by atoms with Gasteiger partial charge >= 0.3 is 0 Å². The molecule has 5 heteroatoms. The first-order valence-corrected chi connectivity index (χ1v) is 5.70. The van der Waals surface area contributed by atoms with Gasteiger partial charge in [0, 0.05) is 24.4 Å². The number of hydrogen-bond acceptors (Lipinski definition) is 2. The maximum absolute atomic E-state index is 13.7. The van der Waals surface area contributed by atoms with E-state index >= 15 is 0 Å². The molecular formula is C13H14F2N2O. The van der Waals surface area contributed by atoms with Crippen LogP contribution in [0.25, 0.3) is 0 Å². The van der Waals surface area contributed by atoms with Crippen LogP contribution in [0.4, 0.5) is 8.78 Å². The summed E-state index contributed by atoms with van der Waals surface area (Å²) in [7, 11) is 0. The van der Waals surface area contributed by atoms with Crippen LogP contribution in [0.15, 0.2) is 24.4 Å². The Bertz CT molecular complexity index is 566. The van der Waals surface area contributed by atoms with Crippen molar-refractivity contribution >= 4 is 0 Å². The van der Waals surface area contributed by atoms with Crippen LogP contribution in [-0.4, -0.2) is 14.9 Å². The van der Waals surface area contributed by atoms with E-state index in [-0.39, 0.29) is 5.56 Å². The zero-order chi connectivity index (χ0) is 13.3. The third-order valence-corrected chi connectivity index (χ3v) is 2.90. The van der Waals surface area contributed by atoms with Gasteiger partial charge in [0.25, 0.3) is 0 Å². The summed E-state index contributed by atoms with van der Waals surface area (Å²) in [6.07, 6.45) is 0.392. The maximum atomic E-state index is 13.7. The summed E-state index contributed by atoms with van der Waals surface area (Å²) in [5.41, 5.74) is 0.847. The Hall–Kier alpha value is -1.75. The summed E-state index contributed by atoms with van der Waals surface area (Å²) in [6.45, 7) is 3.97. The van der Waals surface area contributed by atoms with E-state index in [1.165, 1.54) is 19.2 Å². The first-order valence-electron chi connectivity index (χ1n) is 5.70. The number of aryl methyl sites for hydroxylation is 2. The summed E-state index contributed by atoms with van der Waals surface area (Å²) in [4.78, 5) is 0. The third kappa shape index (κ3) is 2.13. The van der Waals surface area contributed by atoms with Crippen molar-refractivity contribution in [3.63, 3.8) is 0 Å². The van der Waals surface area contributed by atoms with Gasteiger partial charge in [0.15, 0.2) is 0 Å². The van der Waals surface area contributed by atoms with Crippen LogP contribution < -0.4 is 0 Å². The van der Waals surface area contributed by atoms with Gasteiger partial charge in [-0.1, -0.05) is 0 Å². The van der Waals surface area contributed by atoms with Gasteiger partial charge in [-0.05, 0) is 31.5 Å². The number of hydrogen-bond donors (Lipinski definition) is 1. The lowest BCUT2D eigenvalue weighted by molar-refractivity contribution is 0.202. The van der Waals surface area contributed by atoms with Crippen LogP contribution in [0.5, 0.6) is 0 Å². The van der Waals surface area contributed by atoms with Crippen LogP contribution in [-0.2, 0) is 6.54 Å². The fourth-order valence-corrected chi connectivity index (χ4v) is 1.89. The van der Waals surface area contributed by atoms with Crippen LogP contribution in [0.1, 0.15) is 29.8 Å². The number of benzene rings is 1. The summed E-state index contributed by atoms with van der Waals surface area (Å²) >= 11 is 0. The van der Waals surface area contributed by atoms with E-state index in [0.717, 1.165) is 6.07 Å². The van der Waals surface area contributed by atoms with Crippen LogP contribution in [0.3, 0.4) is 0 Å². The average Bonchev–Trinajstić information content (AvgIpc) is 2.81. The molecule has 18 heavy (non-hydrogen) atoms. The predicted octanol–water partition coefficient (Wildman–Crippen LogP) is 2.57. The highest BCUT2D eigenvalue weighted by Crippen LogP contribution is 2.26. The first-order chi connectivity index (χ1) is 8.54. The molecule has 1 atom stereocenters. The van der Waals surface area contributed by atoms with Crippen molar-refractivity contribution in [3.8, 4) is 0 Å². The van der Waals surface area contributed by atoms with E-state index < -0.39 is 17.7 Å². The highest BCUT2D eigenvalue weighted by Gasteiger charge is 2.20. The molecule has 0 saturated carbocycles. The highest BCUT2D eigenvalue weighted by atomic mass is 19.1. The lowest BCUT2D eigenvalue weighted by Gasteiger charge is -2.14. The van der Waals surface area contributed by atoms with Gasteiger partial charge in [0.2, 0.25) is 0 Å². The molecule has 0 saturated heterocycles. The number of aromatic nitrogens is 2. The van der Waals surface area contributed by atoms with Gasteiger partial charge in [-0.3, -0.25) is 4.68 Å². The number of rotatable bonds is 3. The molecule has 1 unspecified atom stereocenters. The second-order valence-electron chi connectivity index (χ2n) is 4.10. The Morgan fingerprint density at radius 1 is 1.33 bits per heavy atom. The van der Waals surface area contributed by atoms with Crippen LogP contribution in [0, 0.1) is 18.6 Å². The Labute approximate surface area is 104 Å². The Morgan fingerprint density at radius 2 is 2.06 bits per heavy atom. The monoisotopic (exact) mass is 252 g/mol. The molecule has 2 rings (SSSR count). The molecule has 0 spiro atoms. The predicted molar refractivity (Wildman–Crippen MR) is 63.1 cm³/mol. The summed E-state index contributed by atoms with van der Waals surface area (Å²) in [5.74, 6) is -1.37. The SMILES string of the molecule is CCn1nccc1C(O)c1cc(C)c(F)cc1F. The molecule has 1 aromatic carbocycles. The smallest absolute Gasteiger partial charge is 0.132 e. The van der Waals surface area contributed by atoms with E-state index in [0.29, 0.717) is 17.8 Å². The largest absolute Gasteiger partial charge is 0.382 e. The molecule has 2 aromatic rings. The lowest BCUT2D eigenvalue weighted by atomic mass is 10.0. The molecule has 0 bridgehead atoms. The number of nitrogens with zero attached hydrogens (tertiary/aromatic N) is 2. The van der Waals surface area contributed by atoms with E-state index in [1.54, 1.807) is 10.7 Å². The van der Waals surface area contributed by atoms with Crippen molar-refractivity contribution in [1.29, 1.82) is 0 Å². The topological polar surface area (TPSA) is 38.0 Å². The maximum Gasteiger partial charge on any atom is 0.132 e. The molecule has 1 N–H and O–H groups in total. The quantitative estimate of drug-likeness (QED) is 0.911. The molecule has 0 fully saturated rings. The molecule has 1 aromatic heterocycles. The van der Waals surface area contributed by atoms with Gasteiger partial charge in [0.05, 0.1) is 5.69 Å². The third-order valence-electron chi connectivity index (χ3n) is 2.90. The second-order valence-corrected chi connectivity index (χ2v) is 4.10. The zero-order valence-electron chi connectivity index (χ0n) is 10.2. The Morgan fingerprint density at radius 3 is 2.72 bits per heavy atom. The van der Waals surface area contributed by atoms with Gasteiger partial charge < -0.3 is 5.11 Å². The molecular weight excluding hydrogens is 238 g/mol. The molecule has 0 aliphatic heterocycles. The first kappa shape index (κ1) is 12.7. The molecule has 0 amide bonds. The van der Waals surface area contributed by atoms with Gasteiger partial charge in [-0.15, -0.1) is 0 Å². The van der Waals surface area contributed by atoms with Crippen molar-refractivity contribution in [2.45, 2.75) is 26.5 Å². The van der Waals surface area contributed by atoms with E-state index in [9.17, 15) is 13.9 Å². The van der Waals surface area contributed by atoms with Crippen LogP contribution in [0.2, 0.25) is 0 Å². The minimum absolute atomic E-state index is 0.0594. The van der Waals surface area contributed by atoms with Crippen molar-refractivity contribution in [1.82, 2.24) is 9.78 Å². The standard InChI is InChI=1S/C13H14F2N2O/c1-3-17-12(4-5-16-17)13(18)9-6-8(2)10(14)7-11(9)15/h4-7,13,18H,3H2,1-2H3. The zero-order valence-corrected chi connectivity index (χ0v) is 10.2.